The number of aliphatic hydroxyl groups is 1. The fraction of sp³-hybridized carbons (Fsp3) is 0.600. The van der Waals surface area contributed by atoms with E-state index in [0.29, 0.717) is 32.1 Å². The summed E-state index contributed by atoms with van der Waals surface area (Å²) in [7, 11) is 0. The number of thiophene rings is 1. The van der Waals surface area contributed by atoms with E-state index in [4.69, 9.17) is 9.84 Å². The van der Waals surface area contributed by atoms with Gasteiger partial charge in [-0.2, -0.15) is 0 Å². The van der Waals surface area contributed by atoms with Crippen molar-refractivity contribution in [3.05, 3.63) is 26.6 Å². The van der Waals surface area contributed by atoms with Gasteiger partial charge in [0.2, 0.25) is 0 Å². The highest BCUT2D eigenvalue weighted by atomic mass is 32.1. The third-order valence-corrected chi connectivity index (χ3v) is 5.01. The number of hydrogen-bond acceptors (Lipinski definition) is 6. The molecule has 0 atom stereocenters. The number of hydrogen-bond donors (Lipinski definition) is 3. The van der Waals surface area contributed by atoms with Gasteiger partial charge in [-0.3, -0.25) is 4.79 Å². The number of nitrogens with zero attached hydrogens (tertiary/aromatic N) is 1. The number of aryl methyl sites for hydroxylation is 2. The topological polar surface area (TPSA) is 87.2 Å². The molecule has 0 fully saturated rings. The van der Waals surface area contributed by atoms with E-state index in [2.05, 4.69) is 15.3 Å². The van der Waals surface area contributed by atoms with Crippen molar-refractivity contribution in [3.8, 4) is 0 Å². The highest BCUT2D eigenvalue weighted by Gasteiger charge is 2.19. The molecule has 0 aliphatic heterocycles. The number of fused-ring (bicyclic) bond motifs is 3. The second-order valence-electron chi connectivity index (χ2n) is 5.42. The van der Waals surface area contributed by atoms with Crippen molar-refractivity contribution in [2.45, 2.75) is 32.2 Å². The first kappa shape index (κ1) is 15.6. The van der Waals surface area contributed by atoms with E-state index in [0.717, 1.165) is 29.5 Å². The van der Waals surface area contributed by atoms with Crippen molar-refractivity contribution in [1.29, 1.82) is 0 Å². The normalized spacial score (nSPS) is 14.4. The van der Waals surface area contributed by atoms with E-state index in [-0.39, 0.29) is 12.2 Å². The zero-order chi connectivity index (χ0) is 15.4. The van der Waals surface area contributed by atoms with Crippen LogP contribution in [0.4, 0.5) is 0 Å². The van der Waals surface area contributed by atoms with Crippen molar-refractivity contribution in [2.75, 3.05) is 26.4 Å². The largest absolute Gasteiger partial charge is 0.394 e. The van der Waals surface area contributed by atoms with Crippen molar-refractivity contribution in [1.82, 2.24) is 15.3 Å². The maximum atomic E-state index is 12.3. The molecule has 1 aliphatic carbocycles. The zero-order valence-corrected chi connectivity index (χ0v) is 13.3. The average Bonchev–Trinajstić information content (AvgIpc) is 2.89. The molecule has 0 radical (unpaired) electrons. The number of ether oxygens (including phenoxy) is 1. The Hall–Kier alpha value is -1.28. The molecule has 120 valence electrons. The molecule has 3 rings (SSSR count). The summed E-state index contributed by atoms with van der Waals surface area (Å²) in [5, 5.41) is 12.6. The highest BCUT2D eigenvalue weighted by Crippen LogP contribution is 2.33. The molecule has 2 aromatic rings. The molecule has 2 aromatic heterocycles. The van der Waals surface area contributed by atoms with Gasteiger partial charge >= 0.3 is 0 Å². The molecular weight excluding hydrogens is 302 g/mol. The minimum atomic E-state index is -0.0160. The van der Waals surface area contributed by atoms with Crippen LogP contribution < -0.4 is 10.9 Å². The quantitative estimate of drug-likeness (QED) is 0.661. The molecule has 1 aliphatic rings. The summed E-state index contributed by atoms with van der Waals surface area (Å²) >= 11 is 1.67. The molecule has 0 bridgehead atoms. The Morgan fingerprint density at radius 3 is 3.05 bits per heavy atom. The van der Waals surface area contributed by atoms with Gasteiger partial charge in [0.15, 0.2) is 0 Å². The van der Waals surface area contributed by atoms with Crippen molar-refractivity contribution >= 4 is 21.6 Å². The maximum absolute atomic E-state index is 12.3. The van der Waals surface area contributed by atoms with Crippen LogP contribution in [-0.2, 0) is 24.1 Å². The molecule has 0 saturated heterocycles. The molecule has 0 spiro atoms. The molecule has 0 unspecified atom stereocenters. The summed E-state index contributed by atoms with van der Waals surface area (Å²) in [5.41, 5.74) is 1.20. The smallest absolute Gasteiger partial charge is 0.259 e. The molecule has 22 heavy (non-hydrogen) atoms. The predicted molar refractivity (Wildman–Crippen MR) is 86.5 cm³/mol. The Kier molecular flexibility index (Phi) is 5.20. The third kappa shape index (κ3) is 3.38. The van der Waals surface area contributed by atoms with Crippen LogP contribution in [0, 0.1) is 0 Å². The first-order valence-corrected chi connectivity index (χ1v) is 8.54. The summed E-state index contributed by atoms with van der Waals surface area (Å²) in [6, 6.07) is 0. The third-order valence-electron chi connectivity index (χ3n) is 3.83. The molecule has 0 saturated carbocycles. The lowest BCUT2D eigenvalue weighted by atomic mass is 9.97. The first-order chi connectivity index (χ1) is 10.8. The van der Waals surface area contributed by atoms with Gasteiger partial charge < -0.3 is 20.1 Å². The van der Waals surface area contributed by atoms with Gasteiger partial charge in [-0.25, -0.2) is 4.98 Å². The fourth-order valence-electron chi connectivity index (χ4n) is 2.81. The minimum Gasteiger partial charge on any atom is -0.394 e. The molecule has 3 N–H and O–H groups in total. The number of H-pyrrole nitrogens is 1. The Bertz CT molecular complexity index is 695. The second kappa shape index (κ2) is 7.32. The van der Waals surface area contributed by atoms with Crippen molar-refractivity contribution in [3.63, 3.8) is 0 Å². The molecule has 6 nitrogen and oxygen atoms in total. The van der Waals surface area contributed by atoms with Crippen LogP contribution in [0.25, 0.3) is 10.2 Å². The molecule has 7 heteroatoms. The van der Waals surface area contributed by atoms with Gasteiger partial charge in [-0.1, -0.05) is 0 Å². The number of nitrogens with one attached hydrogen (secondary N) is 2. The number of aromatic amines is 1. The standard InChI is InChI=1S/C15H21N3O3S/c19-6-8-21-7-5-16-9-12-17-14(20)13-10-3-1-2-4-11(10)22-15(13)18-12/h16,19H,1-9H2,(H,17,18,20). The molecular formula is C15H21N3O3S. The van der Waals surface area contributed by atoms with Gasteiger partial charge in [0.25, 0.3) is 5.56 Å². The number of aromatic nitrogens is 2. The summed E-state index contributed by atoms with van der Waals surface area (Å²) in [6.45, 7) is 2.08. The van der Waals surface area contributed by atoms with E-state index in [1.165, 1.54) is 16.9 Å². The van der Waals surface area contributed by atoms with E-state index >= 15 is 0 Å². The Morgan fingerprint density at radius 2 is 2.18 bits per heavy atom. The Labute approximate surface area is 132 Å². The minimum absolute atomic E-state index is 0.0160. The van der Waals surface area contributed by atoms with Crippen LogP contribution >= 0.6 is 11.3 Å². The molecule has 2 heterocycles. The summed E-state index contributed by atoms with van der Waals surface area (Å²) in [4.78, 5) is 22.0. The number of rotatable bonds is 7. The molecule has 0 aromatic carbocycles. The van der Waals surface area contributed by atoms with Crippen LogP contribution in [0.15, 0.2) is 4.79 Å². The van der Waals surface area contributed by atoms with Gasteiger partial charge in [-0.05, 0) is 31.2 Å². The SMILES string of the molecule is O=c1[nH]c(CNCCOCCO)nc2sc3c(c12)CCCC3. The van der Waals surface area contributed by atoms with Gasteiger partial charge in [0, 0.05) is 11.4 Å². The van der Waals surface area contributed by atoms with Crippen LogP contribution in [0.1, 0.15) is 29.1 Å². The fourth-order valence-corrected chi connectivity index (χ4v) is 4.09. The second-order valence-corrected chi connectivity index (χ2v) is 6.50. The van der Waals surface area contributed by atoms with Crippen molar-refractivity contribution < 1.29 is 9.84 Å². The van der Waals surface area contributed by atoms with Crippen LogP contribution in [-0.4, -0.2) is 41.4 Å². The van der Waals surface area contributed by atoms with E-state index in [9.17, 15) is 4.79 Å². The van der Waals surface area contributed by atoms with Gasteiger partial charge in [0.1, 0.15) is 10.7 Å². The van der Waals surface area contributed by atoms with Gasteiger partial charge in [-0.15, -0.1) is 11.3 Å². The van der Waals surface area contributed by atoms with E-state index in [1.807, 2.05) is 0 Å². The van der Waals surface area contributed by atoms with Gasteiger partial charge in [0.05, 0.1) is 31.8 Å². The van der Waals surface area contributed by atoms with Crippen LogP contribution in [0.2, 0.25) is 0 Å². The molecule has 0 amide bonds. The lowest BCUT2D eigenvalue weighted by Gasteiger charge is -2.09. The zero-order valence-electron chi connectivity index (χ0n) is 12.5. The number of aliphatic hydroxyl groups excluding tert-OH is 1. The Morgan fingerprint density at radius 1 is 1.32 bits per heavy atom. The highest BCUT2D eigenvalue weighted by molar-refractivity contribution is 7.18. The summed E-state index contributed by atoms with van der Waals surface area (Å²) in [5.74, 6) is 0.665. The van der Waals surface area contributed by atoms with E-state index < -0.39 is 0 Å². The van der Waals surface area contributed by atoms with Crippen LogP contribution in [0.5, 0.6) is 0 Å². The first-order valence-electron chi connectivity index (χ1n) is 7.72. The lowest BCUT2D eigenvalue weighted by molar-refractivity contribution is 0.0937. The summed E-state index contributed by atoms with van der Waals surface area (Å²) in [6.07, 6.45) is 4.45. The van der Waals surface area contributed by atoms with Crippen molar-refractivity contribution in [2.24, 2.45) is 0 Å². The lowest BCUT2D eigenvalue weighted by Crippen LogP contribution is -2.23. The summed E-state index contributed by atoms with van der Waals surface area (Å²) < 4.78 is 5.17. The van der Waals surface area contributed by atoms with Crippen LogP contribution in [0.3, 0.4) is 0 Å². The maximum Gasteiger partial charge on any atom is 0.259 e. The average molecular weight is 323 g/mol. The monoisotopic (exact) mass is 323 g/mol. The Balaban J connectivity index is 1.69. The van der Waals surface area contributed by atoms with E-state index in [1.54, 1.807) is 11.3 Å². The predicted octanol–water partition coefficient (Wildman–Crippen LogP) is 0.962.